The van der Waals surface area contributed by atoms with E-state index in [1.807, 2.05) is 6.92 Å². The third-order valence-electron chi connectivity index (χ3n) is 3.76. The first kappa shape index (κ1) is 20.3. The number of hydrogen-bond donors (Lipinski definition) is 0. The van der Waals surface area contributed by atoms with Gasteiger partial charge in [-0.05, 0) is 36.6 Å². The molecular formula is C18H20NO5S2-. The molecule has 0 aromatic heterocycles. The first-order valence-corrected chi connectivity index (χ1v) is 9.31. The fourth-order valence-electron chi connectivity index (χ4n) is 2.60. The molecule has 0 saturated carbocycles. The molecular weight excluding hydrogens is 374 g/mol. The first-order valence-electron chi connectivity index (χ1n) is 8.08. The molecule has 0 spiro atoms. The summed E-state index contributed by atoms with van der Waals surface area (Å²) < 4.78 is 11.0. The molecule has 1 aromatic rings. The number of carbonyl (C=O) groups is 2. The second kappa shape index (κ2) is 8.55. The maximum absolute atomic E-state index is 12.7. The Labute approximate surface area is 162 Å². The van der Waals surface area contributed by atoms with Crippen LogP contribution in [0.25, 0.3) is 6.08 Å². The number of carboxylic acid groups (broad SMARTS) is 1. The molecule has 0 bridgehead atoms. The van der Waals surface area contributed by atoms with Crippen molar-refractivity contribution in [1.29, 1.82) is 0 Å². The number of thiocarbonyl (C=S) groups is 1. The van der Waals surface area contributed by atoms with E-state index < -0.39 is 17.9 Å². The summed E-state index contributed by atoms with van der Waals surface area (Å²) in [5.74, 6) is -0.925. The van der Waals surface area contributed by atoms with Gasteiger partial charge in [-0.3, -0.25) is 9.69 Å². The van der Waals surface area contributed by atoms with Gasteiger partial charge in [0.05, 0.1) is 30.6 Å². The molecule has 0 radical (unpaired) electrons. The molecule has 2 rings (SSSR count). The van der Waals surface area contributed by atoms with Crippen molar-refractivity contribution in [1.82, 2.24) is 4.90 Å². The zero-order chi connectivity index (χ0) is 19.4. The summed E-state index contributed by atoms with van der Waals surface area (Å²) in [6.45, 7) is 5.80. The monoisotopic (exact) mass is 394 g/mol. The van der Waals surface area contributed by atoms with E-state index in [0.29, 0.717) is 23.0 Å². The molecule has 140 valence electrons. The van der Waals surface area contributed by atoms with E-state index in [2.05, 4.69) is 0 Å². The van der Waals surface area contributed by atoms with Crippen LogP contribution in [-0.4, -0.2) is 40.9 Å². The van der Waals surface area contributed by atoms with E-state index in [0.717, 1.165) is 22.2 Å². The molecule has 0 N–H and O–H groups in total. The maximum atomic E-state index is 12.7. The molecule has 1 aliphatic rings. The lowest BCUT2D eigenvalue weighted by Crippen LogP contribution is -2.52. The molecule has 1 atom stereocenters. The quantitative estimate of drug-likeness (QED) is 0.517. The Morgan fingerprint density at radius 3 is 2.62 bits per heavy atom. The Morgan fingerprint density at radius 1 is 1.38 bits per heavy atom. The lowest BCUT2D eigenvalue weighted by atomic mass is 10.0. The number of benzene rings is 1. The third kappa shape index (κ3) is 4.19. The lowest BCUT2D eigenvalue weighted by Gasteiger charge is -2.30. The van der Waals surface area contributed by atoms with E-state index in [9.17, 15) is 14.7 Å². The minimum atomic E-state index is -1.32. The van der Waals surface area contributed by atoms with Crippen molar-refractivity contribution < 1.29 is 24.2 Å². The molecule has 1 fully saturated rings. The number of ether oxygens (including phenoxy) is 2. The van der Waals surface area contributed by atoms with Crippen LogP contribution in [0.4, 0.5) is 0 Å². The summed E-state index contributed by atoms with van der Waals surface area (Å²) in [4.78, 5) is 25.6. The van der Waals surface area contributed by atoms with Gasteiger partial charge < -0.3 is 19.4 Å². The Hall–Kier alpha value is -2.06. The summed E-state index contributed by atoms with van der Waals surface area (Å²) in [5.41, 5.74) is 0.723. The average molecular weight is 394 g/mol. The van der Waals surface area contributed by atoms with E-state index in [1.54, 1.807) is 38.1 Å². The normalized spacial score (nSPS) is 17.1. The van der Waals surface area contributed by atoms with Gasteiger partial charge in [-0.25, -0.2) is 0 Å². The van der Waals surface area contributed by atoms with Crippen molar-refractivity contribution in [2.75, 3.05) is 13.7 Å². The average Bonchev–Trinajstić information content (AvgIpc) is 2.83. The molecule has 1 heterocycles. The summed E-state index contributed by atoms with van der Waals surface area (Å²) in [6.07, 6.45) is 1.66. The second-order valence-corrected chi connectivity index (χ2v) is 7.58. The Kier molecular flexibility index (Phi) is 6.66. The van der Waals surface area contributed by atoms with Gasteiger partial charge in [-0.1, -0.05) is 43.9 Å². The smallest absolute Gasteiger partial charge is 0.266 e. The van der Waals surface area contributed by atoms with Crippen LogP contribution in [0.5, 0.6) is 11.5 Å². The molecule has 1 saturated heterocycles. The number of nitrogens with zero attached hydrogens (tertiary/aromatic N) is 1. The van der Waals surface area contributed by atoms with Crippen LogP contribution in [0.3, 0.4) is 0 Å². The fraction of sp³-hybridized carbons (Fsp3) is 0.389. The topological polar surface area (TPSA) is 78.9 Å². The highest BCUT2D eigenvalue weighted by atomic mass is 32.2. The summed E-state index contributed by atoms with van der Waals surface area (Å²) in [5, 5.41) is 11.4. The van der Waals surface area contributed by atoms with Crippen molar-refractivity contribution >= 4 is 46.3 Å². The largest absolute Gasteiger partial charge is 0.548 e. The molecule has 1 aromatic carbocycles. The Morgan fingerprint density at radius 2 is 2.08 bits per heavy atom. The molecule has 1 aliphatic heterocycles. The summed E-state index contributed by atoms with van der Waals surface area (Å²) >= 11 is 6.29. The highest BCUT2D eigenvalue weighted by molar-refractivity contribution is 8.26. The van der Waals surface area contributed by atoms with Gasteiger partial charge in [0.1, 0.15) is 4.32 Å². The van der Waals surface area contributed by atoms with Crippen LogP contribution >= 0.6 is 24.0 Å². The number of carbonyl (C=O) groups excluding carboxylic acids is 2. The number of aliphatic carboxylic acids is 1. The van der Waals surface area contributed by atoms with Gasteiger partial charge in [-0.2, -0.15) is 0 Å². The standard InChI is InChI=1S/C18H21NO5S2/c1-5-24-12-7-6-11(8-13(12)23-4)9-14-16(20)19(18(25)26-14)15(10(2)3)17(21)22/h6-10,15H,5H2,1-4H3,(H,21,22)/p-1. The van der Waals surface area contributed by atoms with Crippen molar-refractivity contribution in [2.45, 2.75) is 26.8 Å². The number of amides is 1. The Bertz CT molecular complexity index is 760. The van der Waals surface area contributed by atoms with Crippen LogP contribution < -0.4 is 14.6 Å². The van der Waals surface area contributed by atoms with Gasteiger partial charge in [0.15, 0.2) is 11.5 Å². The molecule has 1 amide bonds. The van der Waals surface area contributed by atoms with Gasteiger partial charge in [0, 0.05) is 0 Å². The van der Waals surface area contributed by atoms with Crippen molar-refractivity contribution in [3.63, 3.8) is 0 Å². The van der Waals surface area contributed by atoms with E-state index in [1.165, 1.54) is 7.11 Å². The minimum Gasteiger partial charge on any atom is -0.548 e. The summed E-state index contributed by atoms with van der Waals surface area (Å²) in [7, 11) is 1.54. The number of hydrogen-bond acceptors (Lipinski definition) is 7. The van der Waals surface area contributed by atoms with Crippen LogP contribution in [0.2, 0.25) is 0 Å². The predicted octanol–water partition coefficient (Wildman–Crippen LogP) is 2.07. The number of thioether (sulfide) groups is 1. The number of methoxy groups -OCH3 is 1. The van der Waals surface area contributed by atoms with E-state index in [-0.39, 0.29) is 10.2 Å². The van der Waals surface area contributed by atoms with Crippen LogP contribution in [0.15, 0.2) is 23.1 Å². The van der Waals surface area contributed by atoms with Crippen LogP contribution in [-0.2, 0) is 9.59 Å². The molecule has 6 nitrogen and oxygen atoms in total. The minimum absolute atomic E-state index is 0.210. The van der Waals surface area contributed by atoms with Gasteiger partial charge in [0.2, 0.25) is 0 Å². The van der Waals surface area contributed by atoms with Gasteiger partial charge in [-0.15, -0.1) is 0 Å². The van der Waals surface area contributed by atoms with Crippen LogP contribution in [0.1, 0.15) is 26.3 Å². The highest BCUT2D eigenvalue weighted by Crippen LogP contribution is 2.36. The fourth-order valence-corrected chi connectivity index (χ4v) is 3.92. The molecule has 0 aliphatic carbocycles. The predicted molar refractivity (Wildman–Crippen MR) is 103 cm³/mol. The highest BCUT2D eigenvalue weighted by Gasteiger charge is 2.39. The molecule has 8 heteroatoms. The van der Waals surface area contributed by atoms with Gasteiger partial charge >= 0.3 is 0 Å². The van der Waals surface area contributed by atoms with Crippen molar-refractivity contribution in [3.05, 3.63) is 28.7 Å². The zero-order valence-corrected chi connectivity index (χ0v) is 16.6. The Balaban J connectivity index is 2.34. The third-order valence-corrected chi connectivity index (χ3v) is 5.09. The first-order chi connectivity index (χ1) is 12.3. The zero-order valence-electron chi connectivity index (χ0n) is 15.0. The van der Waals surface area contributed by atoms with E-state index in [4.69, 9.17) is 21.7 Å². The second-order valence-electron chi connectivity index (χ2n) is 5.90. The maximum Gasteiger partial charge on any atom is 0.266 e. The number of rotatable bonds is 7. The molecule has 1 unspecified atom stereocenters. The van der Waals surface area contributed by atoms with Crippen molar-refractivity contribution in [2.24, 2.45) is 5.92 Å². The number of carboxylic acids is 1. The molecule has 26 heavy (non-hydrogen) atoms. The van der Waals surface area contributed by atoms with Gasteiger partial charge in [0.25, 0.3) is 5.91 Å². The summed E-state index contributed by atoms with van der Waals surface area (Å²) in [6, 6.07) is 4.20. The SMILES string of the molecule is CCOc1ccc(C=C2SC(=S)N(C(C(=O)[O-])C(C)C)C2=O)cc1OC. The van der Waals surface area contributed by atoms with Crippen LogP contribution in [0, 0.1) is 5.92 Å². The lowest BCUT2D eigenvalue weighted by molar-refractivity contribution is -0.311. The van der Waals surface area contributed by atoms with Crippen molar-refractivity contribution in [3.8, 4) is 11.5 Å². The van der Waals surface area contributed by atoms with E-state index >= 15 is 0 Å².